The van der Waals surface area contributed by atoms with Crippen molar-refractivity contribution in [2.24, 2.45) is 18.0 Å². The number of rotatable bonds is 9. The molecule has 3 fully saturated rings. The molecular formula is C30H37N6O2+. The van der Waals surface area contributed by atoms with E-state index in [9.17, 15) is 4.79 Å². The van der Waals surface area contributed by atoms with Gasteiger partial charge in [0.05, 0.1) is 24.8 Å². The van der Waals surface area contributed by atoms with E-state index < -0.39 is 0 Å². The molecule has 3 saturated heterocycles. The second-order valence-electron chi connectivity index (χ2n) is 10.1. The number of piperidine rings is 3. The van der Waals surface area contributed by atoms with Gasteiger partial charge in [0, 0.05) is 30.9 Å². The Morgan fingerprint density at radius 3 is 2.76 bits per heavy atom. The molecule has 0 amide bonds. The van der Waals surface area contributed by atoms with Crippen molar-refractivity contribution in [2.45, 2.75) is 45.8 Å². The monoisotopic (exact) mass is 513 g/mol. The minimum atomic E-state index is -0.139. The average Bonchev–Trinajstić information content (AvgIpc) is 2.93. The second-order valence-corrected chi connectivity index (χ2v) is 10.1. The number of aryl methyl sites for hydroxylation is 1. The van der Waals surface area contributed by atoms with Crippen LogP contribution in [-0.2, 0) is 13.6 Å². The van der Waals surface area contributed by atoms with Gasteiger partial charge in [0.25, 0.3) is 5.56 Å². The highest BCUT2D eigenvalue weighted by atomic mass is 16.5. The van der Waals surface area contributed by atoms with Gasteiger partial charge in [-0.25, -0.2) is 9.25 Å². The Hall–Kier alpha value is -3.65. The van der Waals surface area contributed by atoms with Crippen molar-refractivity contribution < 1.29 is 9.30 Å². The number of aromatic nitrogens is 4. The number of fused-ring (bicyclic) bond motifs is 3. The predicted molar refractivity (Wildman–Crippen MR) is 149 cm³/mol. The molecule has 0 N–H and O–H groups in total. The minimum absolute atomic E-state index is 0.139. The lowest BCUT2D eigenvalue weighted by Gasteiger charge is -2.44. The Kier molecular flexibility index (Phi) is 8.08. The fraction of sp³-hybridized carbons (Fsp3) is 0.433. The number of nitrogens with zero attached hydrogens (tertiary/aromatic N) is 6. The summed E-state index contributed by atoms with van der Waals surface area (Å²) < 4.78 is 9.88. The maximum Gasteiger partial charge on any atom is 0.330 e. The SMILES string of the molecule is CCC=C(C=NCC)c1ccc(=O)n(Cc2cccc(-c3ncc(OC4CN5CCC4CC5)c[n+]3C)c2)n1. The number of hydrogen-bond donors (Lipinski definition) is 0. The van der Waals surface area contributed by atoms with Crippen LogP contribution in [0, 0.1) is 5.92 Å². The van der Waals surface area contributed by atoms with Gasteiger partial charge >= 0.3 is 5.82 Å². The van der Waals surface area contributed by atoms with E-state index in [-0.39, 0.29) is 11.7 Å². The summed E-state index contributed by atoms with van der Waals surface area (Å²) in [6.07, 6.45) is 11.3. The number of aliphatic imine (C=N–C) groups is 1. The summed E-state index contributed by atoms with van der Waals surface area (Å²) in [7, 11) is 1.99. The molecule has 1 aromatic carbocycles. The van der Waals surface area contributed by atoms with Gasteiger partial charge in [0.1, 0.15) is 12.3 Å². The molecule has 38 heavy (non-hydrogen) atoms. The van der Waals surface area contributed by atoms with Crippen LogP contribution in [0.1, 0.15) is 44.4 Å². The minimum Gasteiger partial charge on any atom is -0.481 e. The van der Waals surface area contributed by atoms with Gasteiger partial charge in [-0.15, -0.1) is 0 Å². The molecule has 0 saturated carbocycles. The zero-order valence-corrected chi connectivity index (χ0v) is 22.6. The van der Waals surface area contributed by atoms with E-state index in [1.165, 1.54) is 30.6 Å². The summed E-state index contributed by atoms with van der Waals surface area (Å²) in [6.45, 7) is 8.54. The van der Waals surface area contributed by atoms with Crippen LogP contribution in [0.4, 0.5) is 0 Å². The van der Waals surface area contributed by atoms with Crippen LogP contribution in [0.5, 0.6) is 5.75 Å². The summed E-state index contributed by atoms with van der Waals surface area (Å²) in [6, 6.07) is 11.5. The molecule has 198 valence electrons. The standard InChI is InChI=1S/C30H37N6O2/c1-4-7-25(17-31-5-2)27-10-11-29(37)36(33-27)19-22-8-6-9-24(16-22)30-32-18-26(20-34(30)3)38-28-21-35-14-12-23(28)13-15-35/h6-11,16-18,20,23,28H,4-5,12-15,19,21H2,1-3H3/q+1. The van der Waals surface area contributed by atoms with Gasteiger partial charge in [0.15, 0.2) is 6.20 Å². The highest BCUT2D eigenvalue weighted by Gasteiger charge is 2.36. The van der Waals surface area contributed by atoms with Crippen LogP contribution in [-0.4, -0.2) is 58.2 Å². The summed E-state index contributed by atoms with van der Waals surface area (Å²) in [5.41, 5.74) is 3.48. The first-order chi connectivity index (χ1) is 18.5. The van der Waals surface area contributed by atoms with Crippen LogP contribution < -0.4 is 14.9 Å². The molecule has 8 heteroatoms. The number of hydrogen-bond acceptors (Lipinski definition) is 6. The maximum atomic E-state index is 12.6. The van der Waals surface area contributed by atoms with Gasteiger partial charge in [-0.3, -0.25) is 14.7 Å². The van der Waals surface area contributed by atoms with Crippen molar-refractivity contribution in [1.82, 2.24) is 19.7 Å². The van der Waals surface area contributed by atoms with Gasteiger partial charge in [0.2, 0.25) is 5.75 Å². The summed E-state index contributed by atoms with van der Waals surface area (Å²) >= 11 is 0. The van der Waals surface area contributed by atoms with Gasteiger partial charge in [-0.1, -0.05) is 25.1 Å². The fourth-order valence-corrected chi connectivity index (χ4v) is 5.39. The van der Waals surface area contributed by atoms with E-state index >= 15 is 0 Å². The van der Waals surface area contributed by atoms with Crippen molar-refractivity contribution in [3.05, 3.63) is 76.5 Å². The Morgan fingerprint density at radius 2 is 2.05 bits per heavy atom. The number of allylic oxidation sites excluding steroid dienone is 2. The highest BCUT2D eigenvalue weighted by Crippen LogP contribution is 2.30. The van der Waals surface area contributed by atoms with Crippen molar-refractivity contribution in [3.63, 3.8) is 0 Å². The van der Waals surface area contributed by atoms with E-state index in [0.29, 0.717) is 19.0 Å². The maximum absolute atomic E-state index is 12.6. The third-order valence-electron chi connectivity index (χ3n) is 7.37. The molecule has 1 atom stereocenters. The molecule has 3 aliphatic heterocycles. The van der Waals surface area contributed by atoms with E-state index in [2.05, 4.69) is 34.1 Å². The fourth-order valence-electron chi connectivity index (χ4n) is 5.39. The number of ether oxygens (including phenoxy) is 1. The van der Waals surface area contributed by atoms with Gasteiger partial charge in [-0.05, 0) is 73.9 Å². The normalized spacial score (nSPS) is 21.2. The van der Waals surface area contributed by atoms with Crippen molar-refractivity contribution in [2.75, 3.05) is 26.2 Å². The molecule has 0 aliphatic carbocycles. The third kappa shape index (κ3) is 5.91. The molecule has 5 heterocycles. The van der Waals surface area contributed by atoms with E-state index in [4.69, 9.17) is 9.72 Å². The molecule has 3 aliphatic rings. The quantitative estimate of drug-likeness (QED) is 0.323. The van der Waals surface area contributed by atoms with Crippen molar-refractivity contribution in [1.29, 1.82) is 0 Å². The first-order valence-corrected chi connectivity index (χ1v) is 13.7. The zero-order chi connectivity index (χ0) is 26.5. The Labute approximate surface area is 224 Å². The van der Waals surface area contributed by atoms with Crippen LogP contribution >= 0.6 is 0 Å². The molecule has 3 aromatic rings. The summed E-state index contributed by atoms with van der Waals surface area (Å²) in [4.78, 5) is 24.2. The highest BCUT2D eigenvalue weighted by molar-refractivity contribution is 6.08. The summed E-state index contributed by atoms with van der Waals surface area (Å²) in [5, 5.41) is 4.65. The van der Waals surface area contributed by atoms with Crippen molar-refractivity contribution in [3.8, 4) is 17.1 Å². The average molecular weight is 514 g/mol. The lowest BCUT2D eigenvalue weighted by Crippen LogP contribution is -2.52. The molecular weight excluding hydrogens is 476 g/mol. The van der Waals surface area contributed by atoms with Gasteiger partial charge in [-0.2, -0.15) is 5.10 Å². The molecule has 1 unspecified atom stereocenters. The largest absolute Gasteiger partial charge is 0.481 e. The smallest absolute Gasteiger partial charge is 0.330 e. The topological polar surface area (TPSA) is 76.5 Å². The third-order valence-corrected chi connectivity index (χ3v) is 7.37. The van der Waals surface area contributed by atoms with E-state index in [1.807, 2.05) is 55.3 Å². The molecule has 2 bridgehead atoms. The van der Waals surface area contributed by atoms with Crippen LogP contribution in [0.15, 0.2) is 64.7 Å². The predicted octanol–water partition coefficient (Wildman–Crippen LogP) is 3.54. The van der Waals surface area contributed by atoms with E-state index in [1.54, 1.807) is 12.1 Å². The molecule has 2 aromatic heterocycles. The Morgan fingerprint density at radius 1 is 1.21 bits per heavy atom. The Balaban J connectivity index is 1.34. The summed E-state index contributed by atoms with van der Waals surface area (Å²) in [5.74, 6) is 2.29. The van der Waals surface area contributed by atoms with Crippen LogP contribution in [0.3, 0.4) is 0 Å². The second kappa shape index (κ2) is 11.8. The molecule has 6 rings (SSSR count). The molecule has 0 radical (unpaired) electrons. The van der Waals surface area contributed by atoms with Crippen molar-refractivity contribution >= 4 is 11.8 Å². The molecule has 8 nitrogen and oxygen atoms in total. The van der Waals surface area contributed by atoms with Crippen LogP contribution in [0.2, 0.25) is 0 Å². The Bertz CT molecular complexity index is 1390. The first kappa shape index (κ1) is 26.0. The first-order valence-electron chi connectivity index (χ1n) is 13.7. The van der Waals surface area contributed by atoms with Gasteiger partial charge < -0.3 is 4.74 Å². The zero-order valence-electron chi connectivity index (χ0n) is 22.6. The lowest BCUT2D eigenvalue weighted by molar-refractivity contribution is -0.663. The number of benzene rings is 1. The van der Waals surface area contributed by atoms with Crippen LogP contribution in [0.25, 0.3) is 17.0 Å². The van der Waals surface area contributed by atoms with E-state index in [0.717, 1.165) is 46.9 Å². The lowest BCUT2D eigenvalue weighted by atomic mass is 9.86. The molecule has 0 spiro atoms.